The van der Waals surface area contributed by atoms with E-state index in [1.807, 2.05) is 27.7 Å². The standard InChI is InChI=1S/C22H31F2N3O3/c1-13(2)11-25-22(30)21(14(3)4)26-18(28)10-16-8-9-19(29)27(16)12-15-6-5-7-17(23)20(15)24/h5-7,13-14,16,21H,8-12H2,1-4H3,(H,25,30)(H,26,28)/t16-,21?/m0/s1. The van der Waals surface area contributed by atoms with Crippen LogP contribution in [0.5, 0.6) is 0 Å². The lowest BCUT2D eigenvalue weighted by Crippen LogP contribution is -2.51. The number of nitrogens with one attached hydrogen (secondary N) is 2. The van der Waals surface area contributed by atoms with Crippen molar-refractivity contribution in [2.75, 3.05) is 6.54 Å². The number of amides is 3. The van der Waals surface area contributed by atoms with Gasteiger partial charge in [-0.05, 0) is 24.3 Å². The van der Waals surface area contributed by atoms with Crippen molar-refractivity contribution in [2.24, 2.45) is 11.8 Å². The molecule has 1 aromatic carbocycles. The van der Waals surface area contributed by atoms with Gasteiger partial charge in [-0.1, -0.05) is 39.8 Å². The molecule has 2 rings (SSSR count). The molecule has 1 saturated heterocycles. The third-order valence-corrected chi connectivity index (χ3v) is 5.20. The van der Waals surface area contributed by atoms with Crippen molar-refractivity contribution < 1.29 is 23.2 Å². The first kappa shape index (κ1) is 23.8. The Morgan fingerprint density at radius 2 is 1.90 bits per heavy atom. The summed E-state index contributed by atoms with van der Waals surface area (Å²) in [6.07, 6.45) is 0.704. The van der Waals surface area contributed by atoms with Gasteiger partial charge in [-0.2, -0.15) is 0 Å². The molecule has 30 heavy (non-hydrogen) atoms. The first-order valence-electron chi connectivity index (χ1n) is 10.4. The van der Waals surface area contributed by atoms with E-state index in [-0.39, 0.29) is 48.6 Å². The maximum atomic E-state index is 14.0. The van der Waals surface area contributed by atoms with E-state index >= 15 is 0 Å². The van der Waals surface area contributed by atoms with Crippen LogP contribution in [0.2, 0.25) is 0 Å². The molecule has 1 aliphatic rings. The van der Waals surface area contributed by atoms with Crippen LogP contribution in [0.1, 0.15) is 52.5 Å². The molecule has 1 fully saturated rings. The normalized spacial score (nSPS) is 17.5. The van der Waals surface area contributed by atoms with Crippen LogP contribution in [0.3, 0.4) is 0 Å². The summed E-state index contributed by atoms with van der Waals surface area (Å²) in [4.78, 5) is 38.7. The molecular weight excluding hydrogens is 392 g/mol. The molecule has 1 aliphatic heterocycles. The summed E-state index contributed by atoms with van der Waals surface area (Å²) in [5.41, 5.74) is 0.0729. The molecule has 8 heteroatoms. The zero-order valence-corrected chi connectivity index (χ0v) is 18.0. The van der Waals surface area contributed by atoms with Crippen LogP contribution in [-0.4, -0.2) is 41.2 Å². The number of halogens is 2. The van der Waals surface area contributed by atoms with Crippen LogP contribution in [0.4, 0.5) is 8.78 Å². The number of carbonyl (C=O) groups excluding carboxylic acids is 3. The summed E-state index contributed by atoms with van der Waals surface area (Å²) in [6, 6.07) is 2.73. The SMILES string of the molecule is CC(C)CNC(=O)C(NC(=O)C[C@@H]1CCC(=O)N1Cc1cccc(F)c1F)C(C)C. The first-order valence-corrected chi connectivity index (χ1v) is 10.4. The molecule has 2 N–H and O–H groups in total. The van der Waals surface area contributed by atoms with Crippen molar-refractivity contribution in [3.63, 3.8) is 0 Å². The molecule has 1 aromatic rings. The van der Waals surface area contributed by atoms with E-state index in [4.69, 9.17) is 0 Å². The van der Waals surface area contributed by atoms with E-state index in [0.29, 0.717) is 18.9 Å². The van der Waals surface area contributed by atoms with Crippen molar-refractivity contribution in [3.05, 3.63) is 35.4 Å². The molecule has 0 aromatic heterocycles. The number of hydrogen-bond acceptors (Lipinski definition) is 3. The second-order valence-corrected chi connectivity index (χ2v) is 8.56. The highest BCUT2D eigenvalue weighted by Gasteiger charge is 2.34. The maximum absolute atomic E-state index is 14.0. The smallest absolute Gasteiger partial charge is 0.242 e. The molecule has 6 nitrogen and oxygen atoms in total. The molecule has 1 heterocycles. The highest BCUT2D eigenvalue weighted by Crippen LogP contribution is 2.25. The Kier molecular flexibility index (Phi) is 8.32. The Labute approximate surface area is 176 Å². The second kappa shape index (κ2) is 10.5. The van der Waals surface area contributed by atoms with Gasteiger partial charge in [-0.3, -0.25) is 14.4 Å². The monoisotopic (exact) mass is 423 g/mol. The molecule has 0 spiro atoms. The molecule has 0 saturated carbocycles. The van der Waals surface area contributed by atoms with E-state index in [1.54, 1.807) is 0 Å². The first-order chi connectivity index (χ1) is 14.1. The fourth-order valence-electron chi connectivity index (χ4n) is 3.47. The lowest BCUT2D eigenvalue weighted by molar-refractivity contribution is -0.132. The summed E-state index contributed by atoms with van der Waals surface area (Å²) < 4.78 is 27.5. The highest BCUT2D eigenvalue weighted by atomic mass is 19.2. The molecule has 2 atom stereocenters. The van der Waals surface area contributed by atoms with Gasteiger partial charge in [-0.15, -0.1) is 0 Å². The Balaban J connectivity index is 2.02. The third-order valence-electron chi connectivity index (χ3n) is 5.20. The van der Waals surface area contributed by atoms with Gasteiger partial charge in [0.25, 0.3) is 0 Å². The molecule has 3 amide bonds. The minimum atomic E-state index is -0.984. The highest BCUT2D eigenvalue weighted by molar-refractivity contribution is 5.88. The number of nitrogens with zero attached hydrogens (tertiary/aromatic N) is 1. The van der Waals surface area contributed by atoms with Gasteiger partial charge < -0.3 is 15.5 Å². The van der Waals surface area contributed by atoms with Gasteiger partial charge >= 0.3 is 0 Å². The van der Waals surface area contributed by atoms with Gasteiger partial charge in [0, 0.05) is 37.5 Å². The number of likely N-dealkylation sites (tertiary alicyclic amines) is 1. The molecule has 0 aliphatic carbocycles. The zero-order chi connectivity index (χ0) is 22.4. The van der Waals surface area contributed by atoms with Crippen LogP contribution in [-0.2, 0) is 20.9 Å². The van der Waals surface area contributed by atoms with Crippen molar-refractivity contribution in [1.29, 1.82) is 0 Å². The minimum Gasteiger partial charge on any atom is -0.354 e. The van der Waals surface area contributed by atoms with Gasteiger partial charge in [-0.25, -0.2) is 8.78 Å². The summed E-state index contributed by atoms with van der Waals surface area (Å²) >= 11 is 0. The largest absolute Gasteiger partial charge is 0.354 e. The van der Waals surface area contributed by atoms with Gasteiger partial charge in [0.15, 0.2) is 11.6 Å². The van der Waals surface area contributed by atoms with Crippen LogP contribution >= 0.6 is 0 Å². The van der Waals surface area contributed by atoms with Crippen molar-refractivity contribution >= 4 is 17.7 Å². The summed E-state index contributed by atoms with van der Waals surface area (Å²) in [5, 5.41) is 5.59. The maximum Gasteiger partial charge on any atom is 0.242 e. The predicted octanol–water partition coefficient (Wildman–Crippen LogP) is 2.76. The lowest BCUT2D eigenvalue weighted by Gasteiger charge is -2.27. The number of hydrogen-bond donors (Lipinski definition) is 2. The summed E-state index contributed by atoms with van der Waals surface area (Å²) in [6.45, 7) is 8.08. The van der Waals surface area contributed by atoms with Crippen LogP contribution in [0, 0.1) is 23.5 Å². The topological polar surface area (TPSA) is 78.5 Å². The lowest BCUT2D eigenvalue weighted by atomic mass is 10.0. The molecule has 1 unspecified atom stereocenters. The van der Waals surface area contributed by atoms with Crippen LogP contribution < -0.4 is 10.6 Å². The zero-order valence-electron chi connectivity index (χ0n) is 18.0. The Morgan fingerprint density at radius 3 is 2.53 bits per heavy atom. The predicted molar refractivity (Wildman–Crippen MR) is 109 cm³/mol. The van der Waals surface area contributed by atoms with Gasteiger partial charge in [0.1, 0.15) is 6.04 Å². The van der Waals surface area contributed by atoms with Crippen molar-refractivity contribution in [1.82, 2.24) is 15.5 Å². The fraction of sp³-hybridized carbons (Fsp3) is 0.591. The average molecular weight is 424 g/mol. The van der Waals surface area contributed by atoms with Crippen molar-refractivity contribution in [2.45, 2.75) is 65.6 Å². The third kappa shape index (κ3) is 6.24. The van der Waals surface area contributed by atoms with E-state index in [0.717, 1.165) is 6.07 Å². The molecule has 0 bridgehead atoms. The Bertz CT molecular complexity index is 783. The van der Waals surface area contributed by atoms with E-state index in [1.165, 1.54) is 17.0 Å². The van der Waals surface area contributed by atoms with Crippen LogP contribution in [0.25, 0.3) is 0 Å². The number of carbonyl (C=O) groups is 3. The van der Waals surface area contributed by atoms with E-state index < -0.39 is 23.7 Å². The molecular formula is C22H31F2N3O3. The Hall–Kier alpha value is -2.51. The molecule has 166 valence electrons. The van der Waals surface area contributed by atoms with Gasteiger partial charge in [0.2, 0.25) is 17.7 Å². The quantitative estimate of drug-likeness (QED) is 0.641. The minimum absolute atomic E-state index is 0.00333. The van der Waals surface area contributed by atoms with Crippen LogP contribution in [0.15, 0.2) is 18.2 Å². The summed E-state index contributed by atoms with van der Waals surface area (Å²) in [7, 11) is 0. The van der Waals surface area contributed by atoms with Gasteiger partial charge in [0.05, 0.1) is 0 Å². The van der Waals surface area contributed by atoms with Crippen molar-refractivity contribution in [3.8, 4) is 0 Å². The number of rotatable bonds is 9. The fourth-order valence-corrected chi connectivity index (χ4v) is 3.47. The Morgan fingerprint density at radius 1 is 1.20 bits per heavy atom. The molecule has 0 radical (unpaired) electrons. The van der Waals surface area contributed by atoms with E-state index in [9.17, 15) is 23.2 Å². The van der Waals surface area contributed by atoms with E-state index in [2.05, 4.69) is 10.6 Å². The number of benzene rings is 1. The second-order valence-electron chi connectivity index (χ2n) is 8.56. The summed E-state index contributed by atoms with van der Waals surface area (Å²) in [5.74, 6) is -2.57. The average Bonchev–Trinajstić information content (AvgIpc) is 3.00.